The van der Waals surface area contributed by atoms with Crippen LogP contribution in [-0.4, -0.2) is 19.4 Å². The van der Waals surface area contributed by atoms with E-state index in [0.717, 1.165) is 25.8 Å². The number of phenols is 1. The summed E-state index contributed by atoms with van der Waals surface area (Å²) in [4.78, 5) is 10.3. The molecule has 0 aliphatic heterocycles. The SMILES string of the molecule is Cc1nsc2ncnc(Sc3cccc(O)c3)c12. The standard InChI is InChI=1S/C12H9N3OS2/c1-7-10-11(13-6-14-12(10)18-15-7)17-9-4-2-3-8(16)5-9/h2-6,16H,1H3. The lowest BCUT2D eigenvalue weighted by Gasteiger charge is -2.02. The molecule has 0 saturated heterocycles. The predicted molar refractivity (Wildman–Crippen MR) is 72.2 cm³/mol. The Morgan fingerprint density at radius 1 is 1.28 bits per heavy atom. The van der Waals surface area contributed by atoms with Crippen LogP contribution in [0.4, 0.5) is 0 Å². The summed E-state index contributed by atoms with van der Waals surface area (Å²) < 4.78 is 4.29. The van der Waals surface area contributed by atoms with Crippen LogP contribution < -0.4 is 0 Å². The molecule has 0 atom stereocenters. The summed E-state index contributed by atoms with van der Waals surface area (Å²) in [6.07, 6.45) is 1.55. The zero-order valence-electron chi connectivity index (χ0n) is 9.49. The molecule has 0 aliphatic carbocycles. The zero-order valence-corrected chi connectivity index (χ0v) is 11.1. The molecule has 3 aromatic rings. The molecule has 2 heterocycles. The second kappa shape index (κ2) is 4.55. The maximum atomic E-state index is 9.46. The van der Waals surface area contributed by atoms with Gasteiger partial charge in [-0.3, -0.25) is 0 Å². The number of benzene rings is 1. The fourth-order valence-electron chi connectivity index (χ4n) is 1.63. The summed E-state index contributed by atoms with van der Waals surface area (Å²) in [5.41, 5.74) is 0.943. The van der Waals surface area contributed by atoms with Gasteiger partial charge in [0.2, 0.25) is 0 Å². The molecule has 90 valence electrons. The van der Waals surface area contributed by atoms with Crippen LogP contribution in [0.25, 0.3) is 10.2 Å². The minimum Gasteiger partial charge on any atom is -0.508 e. The van der Waals surface area contributed by atoms with E-state index in [1.165, 1.54) is 23.3 Å². The number of aromatic hydroxyl groups is 1. The van der Waals surface area contributed by atoms with Gasteiger partial charge in [-0.15, -0.1) is 0 Å². The van der Waals surface area contributed by atoms with Crippen molar-refractivity contribution in [3.8, 4) is 5.75 Å². The summed E-state index contributed by atoms with van der Waals surface area (Å²) in [5.74, 6) is 0.255. The number of aromatic nitrogens is 3. The largest absolute Gasteiger partial charge is 0.508 e. The topological polar surface area (TPSA) is 58.9 Å². The van der Waals surface area contributed by atoms with Crippen LogP contribution in [0.3, 0.4) is 0 Å². The van der Waals surface area contributed by atoms with E-state index in [9.17, 15) is 5.11 Å². The number of hydrogen-bond donors (Lipinski definition) is 1. The van der Waals surface area contributed by atoms with Crippen molar-refractivity contribution in [2.75, 3.05) is 0 Å². The molecule has 2 aromatic heterocycles. The predicted octanol–water partition coefficient (Wildman–Crippen LogP) is 3.25. The summed E-state index contributed by atoms with van der Waals surface area (Å²) in [5, 5.41) is 11.3. The first-order chi connectivity index (χ1) is 8.74. The lowest BCUT2D eigenvalue weighted by Crippen LogP contribution is -1.85. The van der Waals surface area contributed by atoms with Gasteiger partial charge in [0.05, 0.1) is 11.1 Å². The van der Waals surface area contributed by atoms with Crippen LogP contribution in [0.15, 0.2) is 40.5 Å². The molecule has 0 bridgehead atoms. The van der Waals surface area contributed by atoms with Crippen molar-refractivity contribution < 1.29 is 5.11 Å². The summed E-state index contributed by atoms with van der Waals surface area (Å²) >= 11 is 2.88. The van der Waals surface area contributed by atoms with E-state index in [0.29, 0.717) is 0 Å². The monoisotopic (exact) mass is 275 g/mol. The molecule has 1 aromatic carbocycles. The van der Waals surface area contributed by atoms with Crippen molar-refractivity contribution in [2.24, 2.45) is 0 Å². The number of phenolic OH excluding ortho intramolecular Hbond substituents is 1. The van der Waals surface area contributed by atoms with Gasteiger partial charge in [-0.25, -0.2) is 9.97 Å². The second-order valence-electron chi connectivity index (χ2n) is 3.73. The van der Waals surface area contributed by atoms with Crippen LogP contribution in [0.5, 0.6) is 5.75 Å². The molecule has 0 fully saturated rings. The molecule has 18 heavy (non-hydrogen) atoms. The maximum Gasteiger partial charge on any atom is 0.148 e. The summed E-state index contributed by atoms with van der Waals surface area (Å²) in [6, 6.07) is 7.12. The highest BCUT2D eigenvalue weighted by Gasteiger charge is 2.11. The van der Waals surface area contributed by atoms with Gasteiger partial charge in [0, 0.05) is 4.90 Å². The van der Waals surface area contributed by atoms with Gasteiger partial charge in [0.15, 0.2) is 0 Å². The maximum absolute atomic E-state index is 9.46. The second-order valence-corrected chi connectivity index (χ2v) is 5.54. The van der Waals surface area contributed by atoms with E-state index in [2.05, 4.69) is 14.3 Å². The first-order valence-corrected chi connectivity index (χ1v) is 6.87. The molecular formula is C12H9N3OS2. The van der Waals surface area contributed by atoms with E-state index >= 15 is 0 Å². The number of fused-ring (bicyclic) bond motifs is 1. The van der Waals surface area contributed by atoms with Crippen molar-refractivity contribution in [1.29, 1.82) is 0 Å². The molecule has 0 amide bonds. The van der Waals surface area contributed by atoms with Gasteiger partial charge in [-0.1, -0.05) is 17.8 Å². The van der Waals surface area contributed by atoms with Crippen molar-refractivity contribution in [3.63, 3.8) is 0 Å². The highest BCUT2D eigenvalue weighted by atomic mass is 32.2. The minimum absolute atomic E-state index is 0.255. The molecule has 1 N–H and O–H groups in total. The third kappa shape index (κ3) is 2.04. The first kappa shape index (κ1) is 11.4. The molecule has 3 rings (SSSR count). The lowest BCUT2D eigenvalue weighted by molar-refractivity contribution is 0.474. The van der Waals surface area contributed by atoms with Gasteiger partial charge in [0.25, 0.3) is 0 Å². The molecule has 0 unspecified atom stereocenters. The van der Waals surface area contributed by atoms with Gasteiger partial charge in [0.1, 0.15) is 21.9 Å². The number of nitrogens with zero attached hydrogens (tertiary/aromatic N) is 3. The van der Waals surface area contributed by atoms with E-state index < -0.39 is 0 Å². The third-order valence-electron chi connectivity index (χ3n) is 2.44. The highest BCUT2D eigenvalue weighted by Crippen LogP contribution is 2.34. The lowest BCUT2D eigenvalue weighted by atomic mass is 10.3. The van der Waals surface area contributed by atoms with Crippen LogP contribution in [0.1, 0.15) is 5.69 Å². The Hall–Kier alpha value is -1.66. The van der Waals surface area contributed by atoms with Crippen LogP contribution >= 0.6 is 23.3 Å². The zero-order chi connectivity index (χ0) is 12.5. The van der Waals surface area contributed by atoms with Crippen LogP contribution in [0, 0.1) is 6.92 Å². The Morgan fingerprint density at radius 2 is 2.17 bits per heavy atom. The average Bonchev–Trinajstić information content (AvgIpc) is 2.72. The van der Waals surface area contributed by atoms with Crippen molar-refractivity contribution in [1.82, 2.24) is 14.3 Å². The van der Waals surface area contributed by atoms with Crippen molar-refractivity contribution >= 4 is 33.5 Å². The Labute approximate surface area is 112 Å². The quantitative estimate of drug-likeness (QED) is 0.727. The third-order valence-corrected chi connectivity index (χ3v) is 4.28. The molecular weight excluding hydrogens is 266 g/mol. The molecule has 4 nitrogen and oxygen atoms in total. The van der Waals surface area contributed by atoms with E-state index in [-0.39, 0.29) is 5.75 Å². The smallest absolute Gasteiger partial charge is 0.148 e. The fraction of sp³-hybridized carbons (Fsp3) is 0.0833. The minimum atomic E-state index is 0.255. The van der Waals surface area contributed by atoms with Gasteiger partial charge in [-0.2, -0.15) is 4.37 Å². The Balaban J connectivity index is 2.07. The Morgan fingerprint density at radius 3 is 3.00 bits per heavy atom. The Bertz CT molecular complexity index is 711. The number of hydrogen-bond acceptors (Lipinski definition) is 6. The number of aryl methyl sites for hydroxylation is 1. The van der Waals surface area contributed by atoms with Gasteiger partial charge in [-0.05, 0) is 36.7 Å². The number of rotatable bonds is 2. The normalized spacial score (nSPS) is 10.9. The van der Waals surface area contributed by atoms with Crippen molar-refractivity contribution in [2.45, 2.75) is 16.8 Å². The molecule has 0 aliphatic rings. The molecule has 0 radical (unpaired) electrons. The fourth-order valence-corrected chi connectivity index (χ4v) is 3.43. The summed E-state index contributed by atoms with van der Waals surface area (Å²) in [7, 11) is 0. The van der Waals surface area contributed by atoms with E-state index in [4.69, 9.17) is 0 Å². The van der Waals surface area contributed by atoms with Crippen molar-refractivity contribution in [3.05, 3.63) is 36.3 Å². The molecule has 6 heteroatoms. The van der Waals surface area contributed by atoms with Crippen LogP contribution in [0.2, 0.25) is 0 Å². The van der Waals surface area contributed by atoms with E-state index in [1.807, 2.05) is 19.1 Å². The average molecular weight is 275 g/mol. The molecule has 0 spiro atoms. The van der Waals surface area contributed by atoms with Gasteiger partial charge >= 0.3 is 0 Å². The first-order valence-electron chi connectivity index (χ1n) is 5.28. The van der Waals surface area contributed by atoms with E-state index in [1.54, 1.807) is 18.5 Å². The highest BCUT2D eigenvalue weighted by molar-refractivity contribution is 7.99. The van der Waals surface area contributed by atoms with Gasteiger partial charge < -0.3 is 5.11 Å². The molecule has 0 saturated carbocycles. The summed E-state index contributed by atoms with van der Waals surface area (Å²) in [6.45, 7) is 1.95. The Kier molecular flexibility index (Phi) is 2.89. The van der Waals surface area contributed by atoms with Crippen LogP contribution in [-0.2, 0) is 0 Å².